The molecular formula is C28H43N3S. The molecule has 3 nitrogen and oxygen atoms in total. The molecule has 2 aromatic carbocycles. The Morgan fingerprint density at radius 2 is 1.31 bits per heavy atom. The molecule has 0 spiro atoms. The van der Waals surface area contributed by atoms with E-state index in [0.29, 0.717) is 5.11 Å². The maximum Gasteiger partial charge on any atom is 0.186 e. The highest BCUT2D eigenvalue weighted by Gasteiger charge is 1.98. The van der Waals surface area contributed by atoms with Gasteiger partial charge in [-0.15, -0.1) is 0 Å². The Kier molecular flexibility index (Phi) is 14.5. The summed E-state index contributed by atoms with van der Waals surface area (Å²) in [4.78, 5) is 0. The van der Waals surface area contributed by atoms with Gasteiger partial charge in [0.15, 0.2) is 5.11 Å². The van der Waals surface area contributed by atoms with Gasteiger partial charge in [-0.1, -0.05) is 133 Å². The van der Waals surface area contributed by atoms with E-state index in [1.165, 1.54) is 94.2 Å². The number of fused-ring (bicyclic) bond motifs is 1. The Bertz CT molecular complexity index is 782. The fourth-order valence-corrected chi connectivity index (χ4v) is 4.24. The van der Waals surface area contributed by atoms with Crippen LogP contribution in [0.25, 0.3) is 10.8 Å². The number of rotatable bonds is 17. The van der Waals surface area contributed by atoms with E-state index in [4.69, 9.17) is 12.2 Å². The van der Waals surface area contributed by atoms with E-state index >= 15 is 0 Å². The summed E-state index contributed by atoms with van der Waals surface area (Å²) in [6, 6.07) is 14.6. The monoisotopic (exact) mass is 453 g/mol. The number of nitrogens with one attached hydrogen (secondary N) is 2. The van der Waals surface area contributed by atoms with E-state index in [1.807, 2.05) is 6.21 Å². The Hall–Kier alpha value is -1.94. The molecule has 176 valence electrons. The molecule has 0 aromatic heterocycles. The zero-order chi connectivity index (χ0) is 22.7. The van der Waals surface area contributed by atoms with Crippen molar-refractivity contribution in [3.63, 3.8) is 0 Å². The molecule has 0 radical (unpaired) electrons. The van der Waals surface area contributed by atoms with Crippen LogP contribution in [0.5, 0.6) is 0 Å². The zero-order valence-electron chi connectivity index (χ0n) is 20.1. The first-order valence-electron chi connectivity index (χ1n) is 12.9. The number of hydrogen-bond donors (Lipinski definition) is 2. The molecule has 0 aliphatic heterocycles. The predicted molar refractivity (Wildman–Crippen MR) is 146 cm³/mol. The number of unbranched alkanes of at least 4 members (excludes halogenated alkanes) is 13. The van der Waals surface area contributed by atoms with Crippen LogP contribution in [-0.2, 0) is 0 Å². The summed E-state index contributed by atoms with van der Waals surface area (Å²) in [6.07, 6.45) is 21.2. The van der Waals surface area contributed by atoms with Gasteiger partial charge in [-0.05, 0) is 29.4 Å². The summed E-state index contributed by atoms with van der Waals surface area (Å²) >= 11 is 5.33. The van der Waals surface area contributed by atoms with Crippen molar-refractivity contribution in [1.29, 1.82) is 0 Å². The van der Waals surface area contributed by atoms with Crippen molar-refractivity contribution in [2.24, 2.45) is 5.10 Å². The van der Waals surface area contributed by atoms with E-state index in [1.54, 1.807) is 0 Å². The van der Waals surface area contributed by atoms with Gasteiger partial charge in [0.25, 0.3) is 0 Å². The van der Waals surface area contributed by atoms with Crippen molar-refractivity contribution in [2.75, 3.05) is 6.54 Å². The van der Waals surface area contributed by atoms with E-state index in [2.05, 4.69) is 65.2 Å². The first kappa shape index (κ1) is 26.3. The standard InChI is InChI=1S/C28H43N3S/c1-2-3-4-5-6-7-8-9-10-11-12-13-14-17-23-29-28(32)31-30-24-26-21-18-20-25-19-15-16-22-27(25)26/h15-16,18-22,24H,2-14,17,23H2,1H3,(H2,29,31,32)/b30-24+. The molecule has 0 amide bonds. The molecule has 0 aliphatic rings. The fraction of sp³-hybridized carbons (Fsp3) is 0.571. The topological polar surface area (TPSA) is 36.4 Å². The fourth-order valence-electron chi connectivity index (χ4n) is 4.08. The zero-order valence-corrected chi connectivity index (χ0v) is 20.9. The largest absolute Gasteiger partial charge is 0.361 e. The lowest BCUT2D eigenvalue weighted by Crippen LogP contribution is -2.32. The average molecular weight is 454 g/mol. The van der Waals surface area contributed by atoms with Crippen molar-refractivity contribution in [2.45, 2.75) is 96.8 Å². The van der Waals surface area contributed by atoms with E-state index in [-0.39, 0.29) is 0 Å². The van der Waals surface area contributed by atoms with Crippen molar-refractivity contribution in [1.82, 2.24) is 10.7 Å². The van der Waals surface area contributed by atoms with Crippen molar-refractivity contribution >= 4 is 34.3 Å². The molecule has 0 saturated heterocycles. The lowest BCUT2D eigenvalue weighted by molar-refractivity contribution is 0.535. The smallest absolute Gasteiger partial charge is 0.186 e. The molecule has 0 atom stereocenters. The van der Waals surface area contributed by atoms with Gasteiger partial charge in [-0.25, -0.2) is 0 Å². The second-order valence-corrected chi connectivity index (χ2v) is 9.20. The molecular weight excluding hydrogens is 410 g/mol. The van der Waals surface area contributed by atoms with Crippen LogP contribution in [0, 0.1) is 0 Å². The summed E-state index contributed by atoms with van der Waals surface area (Å²) in [5.41, 5.74) is 4.02. The van der Waals surface area contributed by atoms with Crippen LogP contribution in [0.3, 0.4) is 0 Å². The number of benzene rings is 2. The Morgan fingerprint density at radius 1 is 0.750 bits per heavy atom. The van der Waals surface area contributed by atoms with Gasteiger partial charge >= 0.3 is 0 Å². The highest BCUT2D eigenvalue weighted by Crippen LogP contribution is 2.16. The third-order valence-electron chi connectivity index (χ3n) is 6.01. The molecule has 0 aliphatic carbocycles. The molecule has 0 fully saturated rings. The molecule has 0 bridgehead atoms. The van der Waals surface area contributed by atoms with E-state index in [9.17, 15) is 0 Å². The Labute approximate surface area is 201 Å². The summed E-state index contributed by atoms with van der Waals surface area (Å²) in [6.45, 7) is 3.20. The molecule has 0 unspecified atom stereocenters. The van der Waals surface area contributed by atoms with Gasteiger partial charge in [0.2, 0.25) is 0 Å². The number of thiocarbonyl (C=S) groups is 1. The normalized spacial score (nSPS) is 11.3. The minimum atomic E-state index is 0.594. The van der Waals surface area contributed by atoms with E-state index in [0.717, 1.165) is 18.5 Å². The van der Waals surface area contributed by atoms with Crippen molar-refractivity contribution < 1.29 is 0 Å². The van der Waals surface area contributed by atoms with Gasteiger partial charge in [0.05, 0.1) is 6.21 Å². The minimum absolute atomic E-state index is 0.594. The summed E-state index contributed by atoms with van der Waals surface area (Å²) < 4.78 is 0. The predicted octanol–water partition coefficient (Wildman–Crippen LogP) is 8.12. The van der Waals surface area contributed by atoms with Crippen LogP contribution in [-0.4, -0.2) is 17.9 Å². The molecule has 2 N–H and O–H groups in total. The van der Waals surface area contributed by atoms with Crippen LogP contribution >= 0.6 is 12.2 Å². The number of hydrazone groups is 1. The Balaban J connectivity index is 1.41. The molecule has 0 saturated carbocycles. The molecule has 4 heteroatoms. The maximum atomic E-state index is 5.33. The van der Waals surface area contributed by atoms with E-state index < -0.39 is 0 Å². The van der Waals surface area contributed by atoms with Crippen LogP contribution < -0.4 is 10.7 Å². The first-order chi connectivity index (χ1) is 15.8. The molecule has 2 rings (SSSR count). The highest BCUT2D eigenvalue weighted by molar-refractivity contribution is 7.80. The average Bonchev–Trinajstić information content (AvgIpc) is 2.81. The van der Waals surface area contributed by atoms with Crippen molar-refractivity contribution in [3.05, 3.63) is 48.0 Å². The summed E-state index contributed by atoms with van der Waals surface area (Å²) in [7, 11) is 0. The van der Waals surface area contributed by atoms with Gasteiger partial charge in [-0.3, -0.25) is 5.43 Å². The molecule has 0 heterocycles. The molecule has 32 heavy (non-hydrogen) atoms. The van der Waals surface area contributed by atoms with Gasteiger partial charge in [0.1, 0.15) is 0 Å². The maximum absolute atomic E-state index is 5.33. The van der Waals surface area contributed by atoms with Crippen LogP contribution in [0.4, 0.5) is 0 Å². The lowest BCUT2D eigenvalue weighted by Gasteiger charge is -2.07. The Morgan fingerprint density at radius 3 is 1.97 bits per heavy atom. The first-order valence-corrected chi connectivity index (χ1v) is 13.3. The quantitative estimate of drug-likeness (QED) is 0.110. The molecule has 2 aromatic rings. The third kappa shape index (κ3) is 11.6. The van der Waals surface area contributed by atoms with Gasteiger partial charge in [0, 0.05) is 12.1 Å². The summed E-state index contributed by atoms with van der Waals surface area (Å²) in [5, 5.41) is 10.6. The van der Waals surface area contributed by atoms with Crippen LogP contribution in [0.1, 0.15) is 102 Å². The summed E-state index contributed by atoms with van der Waals surface area (Å²) in [5.74, 6) is 0. The highest BCUT2D eigenvalue weighted by atomic mass is 32.1. The second kappa shape index (κ2) is 17.6. The minimum Gasteiger partial charge on any atom is -0.361 e. The second-order valence-electron chi connectivity index (χ2n) is 8.79. The van der Waals surface area contributed by atoms with Gasteiger partial charge in [-0.2, -0.15) is 5.10 Å². The number of nitrogens with zero attached hydrogens (tertiary/aromatic N) is 1. The van der Waals surface area contributed by atoms with Gasteiger partial charge < -0.3 is 5.32 Å². The lowest BCUT2D eigenvalue weighted by atomic mass is 10.0. The number of hydrogen-bond acceptors (Lipinski definition) is 2. The third-order valence-corrected chi connectivity index (χ3v) is 6.24. The van der Waals surface area contributed by atoms with Crippen LogP contribution in [0.2, 0.25) is 0 Å². The van der Waals surface area contributed by atoms with Crippen molar-refractivity contribution in [3.8, 4) is 0 Å². The SMILES string of the molecule is CCCCCCCCCCCCCCCCNC(=S)N/N=C/c1cccc2ccccc12. The van der Waals surface area contributed by atoms with Crippen LogP contribution in [0.15, 0.2) is 47.6 Å².